The van der Waals surface area contributed by atoms with E-state index < -0.39 is 32.0 Å². The van der Waals surface area contributed by atoms with Gasteiger partial charge in [0.05, 0.1) is 65.3 Å². The summed E-state index contributed by atoms with van der Waals surface area (Å²) in [5, 5.41) is 32.3. The number of ether oxygens (including phenoxy) is 1. The zero-order chi connectivity index (χ0) is 41.2. The zero-order valence-corrected chi connectivity index (χ0v) is 33.1. The predicted octanol–water partition coefficient (Wildman–Crippen LogP) is 6.31. The molecule has 16 nitrogen and oxygen atoms in total. The molecule has 0 saturated heterocycles. The molecular weight excluding hydrogens is 833 g/mol. The molecule has 1 fully saturated rings. The van der Waals surface area contributed by atoms with Crippen molar-refractivity contribution < 1.29 is 41.4 Å². The Labute approximate surface area is 342 Å². The maximum atomic E-state index is 13.1. The lowest BCUT2D eigenvalue weighted by molar-refractivity contribution is 0.0686. The Hall–Kier alpha value is -5.92. The number of hydrogen-bond donors (Lipinski definition) is 5. The Morgan fingerprint density at radius 1 is 0.707 bits per heavy atom. The molecule has 0 spiro atoms. The molecule has 0 amide bonds. The number of halogens is 2. The van der Waals surface area contributed by atoms with Gasteiger partial charge in [-0.3, -0.25) is 9.44 Å². The van der Waals surface area contributed by atoms with Crippen LogP contribution in [0.5, 0.6) is 5.75 Å². The first kappa shape index (κ1) is 40.3. The van der Waals surface area contributed by atoms with Crippen LogP contribution in [0.2, 0.25) is 10.0 Å². The third-order valence-electron chi connectivity index (χ3n) is 9.26. The van der Waals surface area contributed by atoms with E-state index in [1.54, 1.807) is 54.6 Å². The molecule has 6 aromatic rings. The lowest BCUT2D eigenvalue weighted by Gasteiger charge is -2.36. The molecule has 7 rings (SSSR count). The fourth-order valence-corrected chi connectivity index (χ4v) is 8.40. The van der Waals surface area contributed by atoms with E-state index in [1.165, 1.54) is 52.1 Å². The van der Waals surface area contributed by atoms with Crippen molar-refractivity contribution in [1.82, 2.24) is 24.9 Å². The Morgan fingerprint density at radius 2 is 1.19 bits per heavy atom. The molecule has 5 N–H and O–H groups in total. The van der Waals surface area contributed by atoms with Crippen LogP contribution in [0, 0.1) is 5.92 Å². The van der Waals surface area contributed by atoms with Gasteiger partial charge in [0.2, 0.25) is 0 Å². The van der Waals surface area contributed by atoms with E-state index in [2.05, 4.69) is 25.0 Å². The maximum Gasteiger partial charge on any atom is 0.337 e. The van der Waals surface area contributed by atoms with E-state index in [9.17, 15) is 36.6 Å². The van der Waals surface area contributed by atoms with Crippen LogP contribution in [-0.4, -0.2) is 71.2 Å². The highest BCUT2D eigenvalue weighted by atomic mass is 35.5. The quantitative estimate of drug-likeness (QED) is 0.0722. The van der Waals surface area contributed by atoms with Gasteiger partial charge in [-0.1, -0.05) is 29.3 Å². The molecular formula is C38H33Cl2N7O9S2. The number of rotatable bonds is 16. The minimum absolute atomic E-state index is 0.0904. The summed E-state index contributed by atoms with van der Waals surface area (Å²) in [7, 11) is -8.38. The molecule has 0 unspecified atom stereocenters. The number of nitrogens with zero attached hydrogens (tertiary/aromatic N) is 4. The molecule has 0 atom stereocenters. The van der Waals surface area contributed by atoms with Gasteiger partial charge in [0.1, 0.15) is 15.5 Å². The van der Waals surface area contributed by atoms with Crippen molar-refractivity contribution in [1.29, 1.82) is 0 Å². The molecule has 0 radical (unpaired) electrons. The second kappa shape index (κ2) is 16.5. The smallest absolute Gasteiger partial charge is 0.337 e. The average molecular weight is 867 g/mol. The van der Waals surface area contributed by atoms with Crippen molar-refractivity contribution in [3.8, 4) is 17.1 Å². The molecule has 20 heteroatoms. The highest BCUT2D eigenvalue weighted by Crippen LogP contribution is 2.31. The molecule has 4 aromatic carbocycles. The Bertz CT molecular complexity index is 2530. The fraction of sp³-hybridized carbons (Fsp3) is 0.158. The number of carboxylic acid groups (broad SMARTS) is 2. The van der Waals surface area contributed by atoms with Gasteiger partial charge in [-0.05, 0) is 103 Å². The average Bonchev–Trinajstić information content (AvgIpc) is 3.88. The first-order valence-corrected chi connectivity index (χ1v) is 21.1. The monoisotopic (exact) mass is 865 g/mol. The summed E-state index contributed by atoms with van der Waals surface area (Å²) >= 11 is 11.9. The summed E-state index contributed by atoms with van der Waals surface area (Å²) in [4.78, 5) is 23.9. The minimum Gasteiger partial charge on any atom is -0.493 e. The second-order valence-electron chi connectivity index (χ2n) is 13.3. The third kappa shape index (κ3) is 9.27. The van der Waals surface area contributed by atoms with Gasteiger partial charge in [0.15, 0.2) is 0 Å². The SMILES string of the molecule is O=C(O)c1cc(CNC2CC(COc3ccc(NS(=O)(=O)c4cnn(-c5ccc(Cl)cc5)c4)c(C(=O)O)c3)C2)ccc1NS(=O)(=O)c1cnn(-c2ccc(Cl)cc2)c1. The van der Waals surface area contributed by atoms with Crippen LogP contribution in [0.25, 0.3) is 11.4 Å². The van der Waals surface area contributed by atoms with Crippen molar-refractivity contribution in [3.63, 3.8) is 0 Å². The number of aromatic nitrogens is 4. The van der Waals surface area contributed by atoms with E-state index in [0.29, 0.717) is 33.5 Å². The third-order valence-corrected chi connectivity index (χ3v) is 12.4. The van der Waals surface area contributed by atoms with Gasteiger partial charge in [-0.25, -0.2) is 35.8 Å². The van der Waals surface area contributed by atoms with E-state index in [4.69, 9.17) is 27.9 Å². The molecule has 0 aliphatic heterocycles. The van der Waals surface area contributed by atoms with Crippen LogP contribution in [0.3, 0.4) is 0 Å². The number of aromatic carboxylic acids is 2. The normalized spacial score (nSPS) is 15.3. The predicted molar refractivity (Wildman–Crippen MR) is 214 cm³/mol. The molecule has 300 valence electrons. The van der Waals surface area contributed by atoms with Crippen LogP contribution in [0.15, 0.2) is 120 Å². The molecule has 1 aliphatic rings. The van der Waals surface area contributed by atoms with E-state index in [0.717, 1.165) is 25.2 Å². The van der Waals surface area contributed by atoms with Crippen LogP contribution >= 0.6 is 23.2 Å². The minimum atomic E-state index is -4.20. The summed E-state index contributed by atoms with van der Waals surface area (Å²) in [6.07, 6.45) is 6.36. The number of hydrogen-bond acceptors (Lipinski definition) is 10. The standard InChI is InChI=1S/C38H33Cl2N7O9S2/c39-25-2-6-28(7-3-25)46-20-31(18-42-46)57(52,53)44-35-11-1-23(15-33(35)37(48)49)17-41-27-13-24(14-27)22-56-30-10-12-36(34(16-30)38(50)51)45-58(54,55)32-19-43-47(21-32)29-8-4-26(40)5-9-29/h1-12,15-16,18-21,24,27,41,44-45H,13-14,17,22H2,(H,48,49)(H,50,51). The highest BCUT2D eigenvalue weighted by molar-refractivity contribution is 7.93. The van der Waals surface area contributed by atoms with Gasteiger partial charge in [0, 0.05) is 22.6 Å². The van der Waals surface area contributed by atoms with Crippen molar-refractivity contribution in [3.05, 3.63) is 136 Å². The van der Waals surface area contributed by atoms with Crippen LogP contribution in [-0.2, 0) is 26.6 Å². The van der Waals surface area contributed by atoms with Crippen molar-refractivity contribution in [2.45, 2.75) is 35.2 Å². The van der Waals surface area contributed by atoms with Crippen LogP contribution < -0.4 is 19.5 Å². The van der Waals surface area contributed by atoms with Gasteiger partial charge in [-0.2, -0.15) is 10.2 Å². The largest absolute Gasteiger partial charge is 0.493 e. The lowest BCUT2D eigenvalue weighted by Crippen LogP contribution is -2.42. The highest BCUT2D eigenvalue weighted by Gasteiger charge is 2.30. The Balaban J connectivity index is 0.906. The Morgan fingerprint density at radius 3 is 1.69 bits per heavy atom. The summed E-state index contributed by atoms with van der Waals surface area (Å²) in [5.74, 6) is -2.28. The van der Waals surface area contributed by atoms with Crippen LogP contribution in [0.4, 0.5) is 11.4 Å². The van der Waals surface area contributed by atoms with Crippen molar-refractivity contribution in [2.75, 3.05) is 16.1 Å². The van der Waals surface area contributed by atoms with E-state index in [-0.39, 0.29) is 56.6 Å². The first-order chi connectivity index (χ1) is 27.6. The van der Waals surface area contributed by atoms with Crippen molar-refractivity contribution >= 4 is 66.6 Å². The number of benzene rings is 4. The zero-order valence-electron chi connectivity index (χ0n) is 30.0. The fourth-order valence-electron chi connectivity index (χ4n) is 6.13. The summed E-state index contributed by atoms with van der Waals surface area (Å²) in [6.45, 7) is 0.601. The number of anilines is 2. The van der Waals surface area contributed by atoms with Gasteiger partial charge < -0.3 is 20.3 Å². The summed E-state index contributed by atoms with van der Waals surface area (Å²) < 4.78 is 65.8. The first-order valence-electron chi connectivity index (χ1n) is 17.4. The van der Waals surface area contributed by atoms with Gasteiger partial charge in [0.25, 0.3) is 20.0 Å². The van der Waals surface area contributed by atoms with E-state index >= 15 is 0 Å². The van der Waals surface area contributed by atoms with Crippen molar-refractivity contribution in [2.24, 2.45) is 5.92 Å². The lowest BCUT2D eigenvalue weighted by atomic mass is 9.81. The van der Waals surface area contributed by atoms with Crippen LogP contribution in [0.1, 0.15) is 39.1 Å². The summed E-state index contributed by atoms with van der Waals surface area (Å²) in [6, 6.07) is 21.8. The topological polar surface area (TPSA) is 224 Å². The molecule has 2 aromatic heterocycles. The number of carboxylic acids is 2. The number of carbonyl (C=O) groups is 2. The molecule has 1 saturated carbocycles. The molecule has 2 heterocycles. The maximum absolute atomic E-state index is 13.1. The molecule has 0 bridgehead atoms. The molecule has 58 heavy (non-hydrogen) atoms. The second-order valence-corrected chi connectivity index (χ2v) is 17.6. The molecule has 1 aliphatic carbocycles. The van der Waals surface area contributed by atoms with E-state index in [1.807, 2.05) is 0 Å². The Kier molecular flexibility index (Phi) is 11.5. The number of sulfonamides is 2. The van der Waals surface area contributed by atoms with Gasteiger partial charge >= 0.3 is 11.9 Å². The summed E-state index contributed by atoms with van der Waals surface area (Å²) in [5.41, 5.74) is 1.02. The van der Waals surface area contributed by atoms with Gasteiger partial charge in [-0.15, -0.1) is 0 Å². The number of nitrogens with one attached hydrogen (secondary N) is 3.